The van der Waals surface area contributed by atoms with Gasteiger partial charge >= 0.3 is 0 Å². The molecule has 0 aliphatic heterocycles. The summed E-state index contributed by atoms with van der Waals surface area (Å²) in [5, 5.41) is 1.02. The van der Waals surface area contributed by atoms with E-state index in [2.05, 4.69) is 15.0 Å². The summed E-state index contributed by atoms with van der Waals surface area (Å²) < 4.78 is 5.10. The van der Waals surface area contributed by atoms with Crippen LogP contribution in [-0.2, 0) is 0 Å². The monoisotopic (exact) mass is 237 g/mol. The first-order chi connectivity index (χ1) is 8.86. The average molecular weight is 237 g/mol. The summed E-state index contributed by atoms with van der Waals surface area (Å²) in [5.74, 6) is 1.16. The number of nitrogens with zero attached hydrogens (tertiary/aromatic N) is 3. The molecule has 0 saturated heterocycles. The lowest BCUT2D eigenvalue weighted by molar-refractivity contribution is 0.398. The predicted octanol–water partition coefficient (Wildman–Crippen LogP) is 2.70. The highest BCUT2D eigenvalue weighted by atomic mass is 16.5. The average Bonchev–Trinajstić information content (AvgIpc) is 2.47. The van der Waals surface area contributed by atoms with Gasteiger partial charge in [-0.1, -0.05) is 24.3 Å². The topological polar surface area (TPSA) is 47.9 Å². The first kappa shape index (κ1) is 10.7. The summed E-state index contributed by atoms with van der Waals surface area (Å²) in [4.78, 5) is 13.1. The molecule has 3 aromatic rings. The Hall–Kier alpha value is -2.49. The van der Waals surface area contributed by atoms with Crippen LogP contribution in [0.25, 0.3) is 22.4 Å². The summed E-state index contributed by atoms with van der Waals surface area (Å²) in [7, 11) is 1.59. The first-order valence-electron chi connectivity index (χ1n) is 5.60. The van der Waals surface area contributed by atoms with E-state index < -0.39 is 0 Å². The highest BCUT2D eigenvalue weighted by Gasteiger charge is 2.05. The number of ether oxygens (including phenoxy) is 1. The Kier molecular flexibility index (Phi) is 2.61. The second kappa shape index (κ2) is 4.41. The number of hydrogen-bond acceptors (Lipinski definition) is 4. The number of hydrogen-bond donors (Lipinski definition) is 0. The summed E-state index contributed by atoms with van der Waals surface area (Å²) in [6.45, 7) is 0. The van der Waals surface area contributed by atoms with Crippen LogP contribution in [0.15, 0.2) is 48.7 Å². The van der Waals surface area contributed by atoms with E-state index in [0.717, 1.165) is 10.9 Å². The van der Waals surface area contributed by atoms with Gasteiger partial charge in [0.2, 0.25) is 5.88 Å². The number of methoxy groups -OCH3 is 1. The van der Waals surface area contributed by atoms with Crippen molar-refractivity contribution in [2.45, 2.75) is 0 Å². The molecule has 0 aliphatic rings. The molecule has 0 unspecified atom stereocenters. The molecule has 0 aliphatic carbocycles. The van der Waals surface area contributed by atoms with Crippen molar-refractivity contribution >= 4 is 10.9 Å². The lowest BCUT2D eigenvalue weighted by Gasteiger charge is -2.03. The Balaban J connectivity index is 2.13. The van der Waals surface area contributed by atoms with Crippen molar-refractivity contribution in [3.8, 4) is 17.4 Å². The van der Waals surface area contributed by atoms with E-state index in [1.54, 1.807) is 19.4 Å². The van der Waals surface area contributed by atoms with E-state index in [0.29, 0.717) is 17.4 Å². The van der Waals surface area contributed by atoms with Crippen LogP contribution >= 0.6 is 0 Å². The third kappa shape index (κ3) is 1.88. The summed E-state index contributed by atoms with van der Waals surface area (Å²) in [5.41, 5.74) is 1.62. The zero-order valence-corrected chi connectivity index (χ0v) is 9.87. The molecule has 0 bridgehead atoms. The van der Waals surface area contributed by atoms with Gasteiger partial charge in [-0.25, -0.2) is 15.0 Å². The number of aromatic nitrogens is 3. The lowest BCUT2D eigenvalue weighted by Crippen LogP contribution is -1.94. The highest BCUT2D eigenvalue weighted by molar-refractivity contribution is 5.79. The van der Waals surface area contributed by atoms with Gasteiger partial charge in [0.05, 0.1) is 12.6 Å². The van der Waals surface area contributed by atoms with Gasteiger partial charge in [0.1, 0.15) is 5.69 Å². The van der Waals surface area contributed by atoms with Gasteiger partial charge in [0.15, 0.2) is 5.82 Å². The quantitative estimate of drug-likeness (QED) is 0.687. The smallest absolute Gasteiger partial charge is 0.213 e. The minimum absolute atomic E-state index is 0.559. The largest absolute Gasteiger partial charge is 0.481 e. The van der Waals surface area contributed by atoms with Crippen molar-refractivity contribution in [2.24, 2.45) is 0 Å². The SMILES string of the molecule is COc1cccc(-c2ncc3ccccc3n2)n1. The van der Waals surface area contributed by atoms with E-state index in [9.17, 15) is 0 Å². The molecule has 0 radical (unpaired) electrons. The minimum atomic E-state index is 0.559. The maximum absolute atomic E-state index is 5.10. The maximum Gasteiger partial charge on any atom is 0.213 e. The molecule has 0 saturated carbocycles. The molecule has 4 heteroatoms. The van der Waals surface area contributed by atoms with Crippen molar-refractivity contribution in [3.05, 3.63) is 48.7 Å². The van der Waals surface area contributed by atoms with Crippen LogP contribution in [-0.4, -0.2) is 22.1 Å². The van der Waals surface area contributed by atoms with Gasteiger partial charge in [-0.05, 0) is 12.1 Å². The molecular weight excluding hydrogens is 226 g/mol. The summed E-state index contributed by atoms with van der Waals surface area (Å²) in [6.07, 6.45) is 1.80. The van der Waals surface area contributed by atoms with Gasteiger partial charge in [-0.15, -0.1) is 0 Å². The molecule has 1 aromatic carbocycles. The lowest BCUT2D eigenvalue weighted by atomic mass is 10.2. The predicted molar refractivity (Wildman–Crippen MR) is 69.3 cm³/mol. The van der Waals surface area contributed by atoms with Gasteiger partial charge in [0.25, 0.3) is 0 Å². The fourth-order valence-electron chi connectivity index (χ4n) is 1.75. The zero-order chi connectivity index (χ0) is 12.4. The molecule has 18 heavy (non-hydrogen) atoms. The Bertz CT molecular complexity index is 697. The fourth-order valence-corrected chi connectivity index (χ4v) is 1.75. The molecule has 0 N–H and O–H groups in total. The normalized spacial score (nSPS) is 10.5. The van der Waals surface area contributed by atoms with Crippen molar-refractivity contribution in [1.82, 2.24) is 15.0 Å². The van der Waals surface area contributed by atoms with E-state index in [1.165, 1.54) is 0 Å². The van der Waals surface area contributed by atoms with Gasteiger partial charge in [0, 0.05) is 17.6 Å². The number of pyridine rings is 1. The van der Waals surface area contributed by atoms with Crippen LogP contribution in [0.5, 0.6) is 5.88 Å². The van der Waals surface area contributed by atoms with Crippen LogP contribution in [0.2, 0.25) is 0 Å². The minimum Gasteiger partial charge on any atom is -0.481 e. The maximum atomic E-state index is 5.10. The fraction of sp³-hybridized carbons (Fsp3) is 0.0714. The Labute approximate surface area is 104 Å². The van der Waals surface area contributed by atoms with Crippen molar-refractivity contribution in [1.29, 1.82) is 0 Å². The third-order valence-electron chi connectivity index (χ3n) is 2.65. The number of benzene rings is 1. The molecule has 4 nitrogen and oxygen atoms in total. The van der Waals surface area contributed by atoms with Crippen molar-refractivity contribution in [3.63, 3.8) is 0 Å². The Morgan fingerprint density at radius 2 is 1.83 bits per heavy atom. The van der Waals surface area contributed by atoms with Gasteiger partial charge in [-0.2, -0.15) is 0 Å². The summed E-state index contributed by atoms with van der Waals surface area (Å²) >= 11 is 0. The van der Waals surface area contributed by atoms with E-state index in [1.807, 2.05) is 36.4 Å². The first-order valence-corrected chi connectivity index (χ1v) is 5.60. The second-order valence-electron chi connectivity index (χ2n) is 3.82. The molecule has 88 valence electrons. The zero-order valence-electron chi connectivity index (χ0n) is 9.87. The number of fused-ring (bicyclic) bond motifs is 1. The molecule has 0 atom stereocenters. The van der Waals surface area contributed by atoms with Crippen LogP contribution in [0.1, 0.15) is 0 Å². The Morgan fingerprint density at radius 3 is 2.72 bits per heavy atom. The van der Waals surface area contributed by atoms with Crippen molar-refractivity contribution in [2.75, 3.05) is 7.11 Å². The van der Waals surface area contributed by atoms with Gasteiger partial charge in [-0.3, -0.25) is 0 Å². The molecule has 2 aromatic heterocycles. The van der Waals surface area contributed by atoms with Crippen LogP contribution in [0, 0.1) is 0 Å². The summed E-state index contributed by atoms with van der Waals surface area (Å²) in [6, 6.07) is 13.4. The Morgan fingerprint density at radius 1 is 0.944 bits per heavy atom. The molecule has 2 heterocycles. The van der Waals surface area contributed by atoms with E-state index in [4.69, 9.17) is 4.74 Å². The second-order valence-corrected chi connectivity index (χ2v) is 3.82. The molecule has 0 amide bonds. The van der Waals surface area contributed by atoms with Gasteiger partial charge < -0.3 is 4.74 Å². The highest BCUT2D eigenvalue weighted by Crippen LogP contribution is 2.18. The van der Waals surface area contributed by atoms with Crippen molar-refractivity contribution < 1.29 is 4.74 Å². The van der Waals surface area contributed by atoms with Crippen LogP contribution in [0.4, 0.5) is 0 Å². The standard InChI is InChI=1S/C14H11N3O/c1-18-13-8-4-7-12(16-13)14-15-9-10-5-2-3-6-11(10)17-14/h2-9H,1H3. The molecular formula is C14H11N3O. The van der Waals surface area contributed by atoms with E-state index >= 15 is 0 Å². The molecule has 0 spiro atoms. The van der Waals surface area contributed by atoms with E-state index in [-0.39, 0.29) is 0 Å². The molecule has 3 rings (SSSR count). The van der Waals surface area contributed by atoms with Crippen LogP contribution < -0.4 is 4.74 Å². The number of para-hydroxylation sites is 1. The number of rotatable bonds is 2. The third-order valence-corrected chi connectivity index (χ3v) is 2.65. The van der Waals surface area contributed by atoms with Crippen LogP contribution in [0.3, 0.4) is 0 Å². The molecule has 0 fully saturated rings.